The second kappa shape index (κ2) is 10.0. The Morgan fingerprint density at radius 1 is 1.35 bits per heavy atom. The summed E-state index contributed by atoms with van der Waals surface area (Å²) in [6, 6.07) is 3.64. The zero-order valence-corrected chi connectivity index (χ0v) is 16.3. The SMILES string of the molecule is Cc1cc(OCC(=O)NCCCN(C)CC(F)(F)F)c(C(C)C)cc1Cl. The quantitative estimate of drug-likeness (QED) is 0.640. The van der Waals surface area contributed by atoms with Gasteiger partial charge in [-0.2, -0.15) is 13.2 Å². The largest absolute Gasteiger partial charge is 0.483 e. The number of carbonyl (C=O) groups excluding carboxylic acids is 1. The van der Waals surface area contributed by atoms with E-state index in [1.165, 1.54) is 11.9 Å². The van der Waals surface area contributed by atoms with Gasteiger partial charge in [0, 0.05) is 11.6 Å². The molecule has 0 fully saturated rings. The Bertz CT molecular complexity index is 607. The van der Waals surface area contributed by atoms with Crippen molar-refractivity contribution in [2.45, 2.75) is 39.3 Å². The number of aryl methyl sites for hydroxylation is 1. The number of nitrogens with one attached hydrogen (secondary N) is 1. The predicted octanol–water partition coefficient (Wildman–Crippen LogP) is 4.15. The molecule has 8 heteroatoms. The van der Waals surface area contributed by atoms with Crippen LogP contribution in [0.4, 0.5) is 13.2 Å². The van der Waals surface area contributed by atoms with E-state index in [4.69, 9.17) is 16.3 Å². The third kappa shape index (κ3) is 8.27. The second-order valence-electron chi connectivity index (χ2n) is 6.64. The van der Waals surface area contributed by atoms with Gasteiger partial charge in [0.15, 0.2) is 6.61 Å². The molecule has 0 unspecified atom stereocenters. The summed E-state index contributed by atoms with van der Waals surface area (Å²) in [5, 5.41) is 3.29. The third-order valence-electron chi connectivity index (χ3n) is 3.76. The maximum atomic E-state index is 12.2. The van der Waals surface area contributed by atoms with E-state index in [1.54, 1.807) is 6.07 Å². The molecular formula is C18H26ClF3N2O2. The summed E-state index contributed by atoms with van der Waals surface area (Å²) in [6.07, 6.45) is -3.79. The van der Waals surface area contributed by atoms with Crippen molar-refractivity contribution in [2.24, 2.45) is 0 Å². The van der Waals surface area contributed by atoms with Crippen LogP contribution in [0.3, 0.4) is 0 Å². The van der Waals surface area contributed by atoms with Crippen LogP contribution in [0.5, 0.6) is 5.75 Å². The fraction of sp³-hybridized carbons (Fsp3) is 0.611. The standard InChI is InChI=1S/C18H26ClF3N2O2/c1-12(2)14-9-15(19)13(3)8-16(14)26-10-17(25)23-6-5-7-24(4)11-18(20,21)22/h8-9,12H,5-7,10-11H2,1-4H3,(H,23,25). The molecule has 4 nitrogen and oxygen atoms in total. The van der Waals surface area contributed by atoms with Gasteiger partial charge in [-0.15, -0.1) is 0 Å². The Balaban J connectivity index is 2.40. The minimum Gasteiger partial charge on any atom is -0.483 e. The van der Waals surface area contributed by atoms with E-state index in [0.29, 0.717) is 23.7 Å². The number of halogens is 4. The molecule has 1 rings (SSSR count). The van der Waals surface area contributed by atoms with Crippen molar-refractivity contribution in [1.82, 2.24) is 10.2 Å². The highest BCUT2D eigenvalue weighted by atomic mass is 35.5. The van der Waals surface area contributed by atoms with Crippen LogP contribution in [0.1, 0.15) is 37.3 Å². The predicted molar refractivity (Wildman–Crippen MR) is 97.0 cm³/mol. The van der Waals surface area contributed by atoms with Crippen LogP contribution in [0, 0.1) is 6.92 Å². The summed E-state index contributed by atoms with van der Waals surface area (Å²) in [6.45, 7) is 5.29. The monoisotopic (exact) mass is 394 g/mol. The summed E-state index contributed by atoms with van der Waals surface area (Å²) in [7, 11) is 1.40. The van der Waals surface area contributed by atoms with Crippen molar-refractivity contribution in [1.29, 1.82) is 0 Å². The number of alkyl halides is 3. The zero-order valence-electron chi connectivity index (χ0n) is 15.5. The number of ether oxygens (including phenoxy) is 1. The lowest BCUT2D eigenvalue weighted by Crippen LogP contribution is -2.35. The second-order valence-corrected chi connectivity index (χ2v) is 7.05. The minimum absolute atomic E-state index is 0.154. The Labute approximate surface area is 157 Å². The van der Waals surface area contributed by atoms with Gasteiger partial charge in [-0.25, -0.2) is 0 Å². The number of carbonyl (C=O) groups is 1. The first kappa shape index (κ1) is 22.6. The van der Waals surface area contributed by atoms with E-state index in [0.717, 1.165) is 11.1 Å². The van der Waals surface area contributed by atoms with Gasteiger partial charge in [0.2, 0.25) is 0 Å². The molecule has 148 valence electrons. The summed E-state index contributed by atoms with van der Waals surface area (Å²) in [5.74, 6) is 0.489. The molecule has 1 aromatic rings. The fourth-order valence-electron chi connectivity index (χ4n) is 2.40. The van der Waals surface area contributed by atoms with E-state index >= 15 is 0 Å². The highest BCUT2D eigenvalue weighted by Crippen LogP contribution is 2.31. The van der Waals surface area contributed by atoms with Crippen LogP contribution >= 0.6 is 11.6 Å². The van der Waals surface area contributed by atoms with Crippen LogP contribution in [0.2, 0.25) is 5.02 Å². The number of hydrogen-bond acceptors (Lipinski definition) is 3. The molecule has 0 radical (unpaired) electrons. The van der Waals surface area contributed by atoms with E-state index in [2.05, 4.69) is 5.32 Å². The Morgan fingerprint density at radius 2 is 2.00 bits per heavy atom. The number of nitrogens with zero attached hydrogens (tertiary/aromatic N) is 1. The van der Waals surface area contributed by atoms with Crippen molar-refractivity contribution in [2.75, 3.05) is 33.3 Å². The fourth-order valence-corrected chi connectivity index (χ4v) is 2.57. The Hall–Kier alpha value is -1.47. The molecule has 0 atom stereocenters. The molecular weight excluding hydrogens is 369 g/mol. The number of rotatable bonds is 9. The maximum Gasteiger partial charge on any atom is 0.401 e. The number of amides is 1. The summed E-state index contributed by atoms with van der Waals surface area (Å²) in [4.78, 5) is 13.0. The van der Waals surface area contributed by atoms with Gasteiger partial charge >= 0.3 is 6.18 Å². The molecule has 0 aliphatic rings. The van der Waals surface area contributed by atoms with Gasteiger partial charge in [0.25, 0.3) is 5.91 Å². The van der Waals surface area contributed by atoms with E-state index in [9.17, 15) is 18.0 Å². The first-order chi connectivity index (χ1) is 12.0. The average molecular weight is 395 g/mol. The van der Waals surface area contributed by atoms with E-state index in [1.807, 2.05) is 26.8 Å². The lowest BCUT2D eigenvalue weighted by atomic mass is 10.0. The Kier molecular flexibility index (Phi) is 8.70. The van der Waals surface area contributed by atoms with Crippen molar-refractivity contribution >= 4 is 17.5 Å². The van der Waals surface area contributed by atoms with Crippen LogP contribution < -0.4 is 10.1 Å². The van der Waals surface area contributed by atoms with Gasteiger partial charge in [-0.05, 0) is 56.1 Å². The molecule has 0 saturated carbocycles. The maximum absolute atomic E-state index is 12.2. The topological polar surface area (TPSA) is 41.6 Å². The summed E-state index contributed by atoms with van der Waals surface area (Å²) >= 11 is 6.13. The van der Waals surface area contributed by atoms with Gasteiger partial charge in [-0.3, -0.25) is 9.69 Å². The first-order valence-electron chi connectivity index (χ1n) is 8.44. The molecule has 0 spiro atoms. The minimum atomic E-state index is -4.21. The molecule has 0 heterocycles. The smallest absolute Gasteiger partial charge is 0.401 e. The molecule has 26 heavy (non-hydrogen) atoms. The van der Waals surface area contributed by atoms with Crippen LogP contribution in [-0.2, 0) is 4.79 Å². The van der Waals surface area contributed by atoms with Gasteiger partial charge in [0.05, 0.1) is 6.54 Å². The van der Waals surface area contributed by atoms with Gasteiger partial charge < -0.3 is 10.1 Å². The highest BCUT2D eigenvalue weighted by Gasteiger charge is 2.28. The lowest BCUT2D eigenvalue weighted by Gasteiger charge is -2.18. The average Bonchev–Trinajstić information content (AvgIpc) is 2.50. The molecule has 1 amide bonds. The van der Waals surface area contributed by atoms with Crippen molar-refractivity contribution in [3.05, 3.63) is 28.3 Å². The molecule has 0 saturated heterocycles. The Morgan fingerprint density at radius 3 is 2.58 bits per heavy atom. The number of hydrogen-bond donors (Lipinski definition) is 1. The first-order valence-corrected chi connectivity index (χ1v) is 8.82. The van der Waals surface area contributed by atoms with Crippen LogP contribution in [0.15, 0.2) is 12.1 Å². The van der Waals surface area contributed by atoms with Crippen molar-refractivity contribution in [3.8, 4) is 5.75 Å². The third-order valence-corrected chi connectivity index (χ3v) is 4.17. The zero-order chi connectivity index (χ0) is 19.9. The molecule has 1 N–H and O–H groups in total. The molecule has 1 aromatic carbocycles. The van der Waals surface area contributed by atoms with Crippen LogP contribution in [-0.4, -0.2) is 50.3 Å². The molecule has 0 aliphatic heterocycles. The number of benzene rings is 1. The van der Waals surface area contributed by atoms with Gasteiger partial charge in [0.1, 0.15) is 5.75 Å². The van der Waals surface area contributed by atoms with Crippen molar-refractivity contribution in [3.63, 3.8) is 0 Å². The molecule has 0 aliphatic carbocycles. The molecule has 0 aromatic heterocycles. The molecule has 0 bridgehead atoms. The van der Waals surface area contributed by atoms with Crippen molar-refractivity contribution < 1.29 is 22.7 Å². The highest BCUT2D eigenvalue weighted by molar-refractivity contribution is 6.31. The summed E-state index contributed by atoms with van der Waals surface area (Å²) < 4.78 is 42.2. The van der Waals surface area contributed by atoms with E-state index < -0.39 is 12.7 Å². The lowest BCUT2D eigenvalue weighted by molar-refractivity contribution is -0.143. The summed E-state index contributed by atoms with van der Waals surface area (Å²) in [5.41, 5.74) is 1.78. The van der Waals surface area contributed by atoms with E-state index in [-0.39, 0.29) is 25.0 Å². The normalized spacial score (nSPS) is 11.9. The van der Waals surface area contributed by atoms with Gasteiger partial charge in [-0.1, -0.05) is 25.4 Å². The van der Waals surface area contributed by atoms with Crippen LogP contribution in [0.25, 0.3) is 0 Å².